The number of benzene rings is 1. The van der Waals surface area contributed by atoms with Gasteiger partial charge in [-0.05, 0) is 25.0 Å². The van der Waals surface area contributed by atoms with Crippen molar-refractivity contribution in [1.82, 2.24) is 10.6 Å². The Balaban J connectivity index is 1.58. The van der Waals surface area contributed by atoms with Crippen molar-refractivity contribution < 1.29 is 23.1 Å². The van der Waals surface area contributed by atoms with Crippen LogP contribution in [0.15, 0.2) is 18.2 Å². The van der Waals surface area contributed by atoms with Gasteiger partial charge in [-0.2, -0.15) is 0 Å². The summed E-state index contributed by atoms with van der Waals surface area (Å²) in [6, 6.07) is 2.67. The molecule has 24 heavy (non-hydrogen) atoms. The lowest BCUT2D eigenvalue weighted by atomic mass is 9.76. The fraction of sp³-hybridized carbons (Fsp3) is 0.500. The molecule has 1 spiro atoms. The van der Waals surface area contributed by atoms with E-state index in [-0.39, 0.29) is 23.6 Å². The molecule has 0 saturated carbocycles. The molecule has 3 rings (SSSR count). The van der Waals surface area contributed by atoms with Crippen molar-refractivity contribution in [2.45, 2.75) is 18.9 Å². The maximum absolute atomic E-state index is 13.1. The van der Waals surface area contributed by atoms with Crippen molar-refractivity contribution in [3.63, 3.8) is 0 Å². The van der Waals surface area contributed by atoms with E-state index in [9.17, 15) is 18.4 Å². The van der Waals surface area contributed by atoms with Gasteiger partial charge in [-0.25, -0.2) is 8.78 Å². The predicted octanol–water partition coefficient (Wildman–Crippen LogP) is 0.788. The first kappa shape index (κ1) is 16.8. The molecular weight excluding hydrogens is 320 g/mol. The third-order valence-electron chi connectivity index (χ3n) is 4.65. The average Bonchev–Trinajstić information content (AvgIpc) is 2.85. The molecule has 3 N–H and O–H groups in total. The highest BCUT2D eigenvalue weighted by Gasteiger charge is 2.48. The summed E-state index contributed by atoms with van der Waals surface area (Å²) in [7, 11) is 0. The standard InChI is InChI=1S/C16H19F2N3O3/c17-11-2-1-10(7-12(11)18)21-13(22)8-19-14-15(23)20-9-16(14)3-5-24-6-4-16/h1-2,7,14,19H,3-6,8-9H2,(H,20,23)(H,21,22). The normalized spacial score (nSPS) is 22.4. The fourth-order valence-corrected chi connectivity index (χ4v) is 3.27. The van der Waals surface area contributed by atoms with E-state index in [2.05, 4.69) is 16.0 Å². The number of rotatable bonds is 4. The monoisotopic (exact) mass is 339 g/mol. The second-order valence-electron chi connectivity index (χ2n) is 6.18. The molecular formula is C16H19F2N3O3. The topological polar surface area (TPSA) is 79.5 Å². The zero-order chi connectivity index (χ0) is 17.2. The van der Waals surface area contributed by atoms with Gasteiger partial charge in [0.15, 0.2) is 11.6 Å². The summed E-state index contributed by atoms with van der Waals surface area (Å²) < 4.78 is 31.4. The van der Waals surface area contributed by atoms with Crippen LogP contribution in [0.2, 0.25) is 0 Å². The lowest BCUT2D eigenvalue weighted by molar-refractivity contribution is -0.123. The van der Waals surface area contributed by atoms with Crippen molar-refractivity contribution in [2.24, 2.45) is 5.41 Å². The molecule has 2 fully saturated rings. The first-order valence-electron chi connectivity index (χ1n) is 7.84. The lowest BCUT2D eigenvalue weighted by Gasteiger charge is -2.36. The molecule has 0 radical (unpaired) electrons. The van der Waals surface area contributed by atoms with Crippen molar-refractivity contribution in [2.75, 3.05) is 31.6 Å². The Hall–Kier alpha value is -2.06. The molecule has 0 aliphatic carbocycles. The van der Waals surface area contributed by atoms with Crippen LogP contribution in [0.3, 0.4) is 0 Å². The fourth-order valence-electron chi connectivity index (χ4n) is 3.27. The molecule has 2 saturated heterocycles. The highest BCUT2D eigenvalue weighted by molar-refractivity contribution is 5.93. The number of ether oxygens (including phenoxy) is 1. The Morgan fingerprint density at radius 1 is 1.29 bits per heavy atom. The van der Waals surface area contributed by atoms with Crippen molar-refractivity contribution in [3.8, 4) is 0 Å². The molecule has 2 heterocycles. The van der Waals surface area contributed by atoms with Crippen LogP contribution in [0.25, 0.3) is 0 Å². The molecule has 2 aliphatic heterocycles. The molecule has 1 atom stereocenters. The minimum Gasteiger partial charge on any atom is -0.381 e. The second kappa shape index (κ2) is 6.82. The van der Waals surface area contributed by atoms with E-state index in [0.717, 1.165) is 25.0 Å². The van der Waals surface area contributed by atoms with Gasteiger partial charge in [0.1, 0.15) is 0 Å². The van der Waals surface area contributed by atoms with E-state index in [1.165, 1.54) is 6.07 Å². The van der Waals surface area contributed by atoms with Gasteiger partial charge < -0.3 is 15.4 Å². The second-order valence-corrected chi connectivity index (χ2v) is 6.18. The van der Waals surface area contributed by atoms with Gasteiger partial charge in [0, 0.05) is 36.9 Å². The van der Waals surface area contributed by atoms with Crippen molar-refractivity contribution in [3.05, 3.63) is 29.8 Å². The summed E-state index contributed by atoms with van der Waals surface area (Å²) in [5.74, 6) is -2.56. The van der Waals surface area contributed by atoms with Gasteiger partial charge in [-0.3, -0.25) is 14.9 Å². The maximum atomic E-state index is 13.1. The van der Waals surface area contributed by atoms with Gasteiger partial charge in [0.25, 0.3) is 0 Å². The van der Waals surface area contributed by atoms with Crippen LogP contribution in [0.5, 0.6) is 0 Å². The van der Waals surface area contributed by atoms with Crippen molar-refractivity contribution in [1.29, 1.82) is 0 Å². The van der Waals surface area contributed by atoms with E-state index in [1.807, 2.05) is 0 Å². The number of hydrogen-bond donors (Lipinski definition) is 3. The average molecular weight is 339 g/mol. The van der Waals surface area contributed by atoms with Crippen LogP contribution in [0.1, 0.15) is 12.8 Å². The molecule has 8 heteroatoms. The predicted molar refractivity (Wildman–Crippen MR) is 82.3 cm³/mol. The molecule has 1 unspecified atom stereocenters. The zero-order valence-corrected chi connectivity index (χ0v) is 13.0. The first-order chi connectivity index (χ1) is 11.5. The molecule has 1 aromatic carbocycles. The molecule has 0 aromatic heterocycles. The SMILES string of the molecule is O=C(CNC1C(=O)NCC12CCOCC2)Nc1ccc(F)c(F)c1. The Kier molecular flexibility index (Phi) is 4.77. The van der Waals surface area contributed by atoms with Crippen LogP contribution in [-0.4, -0.2) is 44.2 Å². The minimum atomic E-state index is -1.03. The summed E-state index contributed by atoms with van der Waals surface area (Å²) in [6.07, 6.45) is 1.49. The van der Waals surface area contributed by atoms with Gasteiger partial charge in [-0.15, -0.1) is 0 Å². The van der Waals surface area contributed by atoms with E-state index in [4.69, 9.17) is 4.74 Å². The molecule has 130 valence electrons. The Morgan fingerprint density at radius 2 is 2.04 bits per heavy atom. The number of anilines is 1. The molecule has 2 aliphatic rings. The van der Waals surface area contributed by atoms with Gasteiger partial charge in [0.05, 0.1) is 12.6 Å². The summed E-state index contributed by atoms with van der Waals surface area (Å²) in [4.78, 5) is 24.1. The molecule has 0 bridgehead atoms. The molecule has 2 amide bonds. The van der Waals surface area contributed by atoms with Crippen LogP contribution in [-0.2, 0) is 14.3 Å². The number of hydrogen-bond acceptors (Lipinski definition) is 4. The summed E-state index contributed by atoms with van der Waals surface area (Å²) >= 11 is 0. The minimum absolute atomic E-state index is 0.0975. The highest BCUT2D eigenvalue weighted by Crippen LogP contribution is 2.37. The summed E-state index contributed by atoms with van der Waals surface area (Å²) in [5.41, 5.74) is -0.0743. The van der Waals surface area contributed by atoms with E-state index >= 15 is 0 Å². The Labute approximate surface area is 137 Å². The first-order valence-corrected chi connectivity index (χ1v) is 7.84. The number of halogens is 2. The molecule has 1 aromatic rings. The van der Waals surface area contributed by atoms with E-state index in [0.29, 0.717) is 19.8 Å². The maximum Gasteiger partial charge on any atom is 0.238 e. The third-order valence-corrected chi connectivity index (χ3v) is 4.65. The Bertz CT molecular complexity index is 647. The van der Waals surface area contributed by atoms with Gasteiger partial charge >= 0.3 is 0 Å². The quantitative estimate of drug-likeness (QED) is 0.758. The van der Waals surface area contributed by atoms with Gasteiger partial charge in [-0.1, -0.05) is 0 Å². The van der Waals surface area contributed by atoms with Crippen LogP contribution in [0, 0.1) is 17.0 Å². The largest absolute Gasteiger partial charge is 0.381 e. The number of carbonyl (C=O) groups is 2. The van der Waals surface area contributed by atoms with Gasteiger partial charge in [0.2, 0.25) is 11.8 Å². The van der Waals surface area contributed by atoms with Crippen molar-refractivity contribution >= 4 is 17.5 Å². The zero-order valence-electron chi connectivity index (χ0n) is 13.0. The number of carbonyl (C=O) groups excluding carboxylic acids is 2. The molecule has 6 nitrogen and oxygen atoms in total. The number of nitrogens with one attached hydrogen (secondary N) is 3. The lowest BCUT2D eigenvalue weighted by Crippen LogP contribution is -2.51. The number of amides is 2. The summed E-state index contributed by atoms with van der Waals surface area (Å²) in [5, 5.41) is 8.30. The van der Waals surface area contributed by atoms with Crippen LogP contribution < -0.4 is 16.0 Å². The van der Waals surface area contributed by atoms with E-state index < -0.39 is 23.6 Å². The van der Waals surface area contributed by atoms with Crippen LogP contribution >= 0.6 is 0 Å². The van der Waals surface area contributed by atoms with Crippen LogP contribution in [0.4, 0.5) is 14.5 Å². The van der Waals surface area contributed by atoms with E-state index in [1.54, 1.807) is 0 Å². The smallest absolute Gasteiger partial charge is 0.238 e. The Morgan fingerprint density at radius 3 is 2.75 bits per heavy atom. The third kappa shape index (κ3) is 3.39. The highest BCUT2D eigenvalue weighted by atomic mass is 19.2. The summed E-state index contributed by atoms with van der Waals surface area (Å²) in [6.45, 7) is 1.65.